The lowest BCUT2D eigenvalue weighted by Gasteiger charge is -2.28. The molecule has 0 aromatic heterocycles. The third-order valence-corrected chi connectivity index (χ3v) is 8.18. The molecule has 1 rings (SSSR count). The van der Waals surface area contributed by atoms with Gasteiger partial charge >= 0.3 is 0 Å². The molecule has 0 unspecified atom stereocenters. The molecule has 0 aliphatic carbocycles. The number of rotatable bonds is 13. The van der Waals surface area contributed by atoms with Crippen molar-refractivity contribution < 1.29 is 53.4 Å². The smallest absolute Gasteiger partial charge is 0.245 e. The molecule has 304 valence electrons. The van der Waals surface area contributed by atoms with Crippen LogP contribution in [0.15, 0.2) is 12.2 Å². The van der Waals surface area contributed by atoms with Crippen molar-refractivity contribution in [3.8, 4) is 0 Å². The summed E-state index contributed by atoms with van der Waals surface area (Å²) in [5.74, 6) is -8.86. The van der Waals surface area contributed by atoms with E-state index in [1.54, 1.807) is 0 Å². The van der Waals surface area contributed by atoms with Crippen molar-refractivity contribution >= 4 is 53.2 Å². The highest BCUT2D eigenvalue weighted by Gasteiger charge is 2.35. The van der Waals surface area contributed by atoms with Crippen LogP contribution >= 0.6 is 0 Å². The quantitative estimate of drug-likeness (QED) is 0.0613. The van der Waals surface area contributed by atoms with Gasteiger partial charge in [-0.3, -0.25) is 43.2 Å². The summed E-state index contributed by atoms with van der Waals surface area (Å²) in [5.41, 5.74) is 22.1. The number of carbonyl (C=O) groups excluding carboxylic acids is 9. The minimum atomic E-state index is -1.76. The number of aliphatic hydroxyl groups excluding tert-OH is 2. The van der Waals surface area contributed by atoms with E-state index in [1.165, 1.54) is 32.9 Å². The summed E-state index contributed by atoms with van der Waals surface area (Å²) in [6, 6.07) is -11.8. The minimum absolute atomic E-state index is 0.218. The number of amides is 9. The number of carbonyl (C=O) groups is 9. The normalized spacial score (nSPS) is 26.5. The van der Waals surface area contributed by atoms with Gasteiger partial charge in [-0.25, -0.2) is 0 Å². The second-order valence-electron chi connectivity index (χ2n) is 13.0. The molecule has 0 aromatic rings. The van der Waals surface area contributed by atoms with Gasteiger partial charge in [0.25, 0.3) is 0 Å². The average molecular weight is 770 g/mol. The number of nitrogens with one attached hydrogen (secondary N) is 7. The predicted molar refractivity (Wildman–Crippen MR) is 190 cm³/mol. The molecule has 9 amide bonds. The summed E-state index contributed by atoms with van der Waals surface area (Å²) in [6.07, 6.45) is -0.533. The Morgan fingerprint density at radius 3 is 1.89 bits per heavy atom. The molecule has 0 saturated carbocycles. The van der Waals surface area contributed by atoms with Crippen LogP contribution in [-0.4, -0.2) is 130 Å². The summed E-state index contributed by atoms with van der Waals surface area (Å²) in [5, 5.41) is 37.0. The number of hydrogen-bond donors (Lipinski definition) is 13. The van der Waals surface area contributed by atoms with Crippen molar-refractivity contribution in [2.75, 3.05) is 6.54 Å². The van der Waals surface area contributed by atoms with Crippen LogP contribution in [0.2, 0.25) is 0 Å². The van der Waals surface area contributed by atoms with Crippen molar-refractivity contribution in [1.29, 1.82) is 0 Å². The van der Waals surface area contributed by atoms with Gasteiger partial charge < -0.3 is 70.4 Å². The van der Waals surface area contributed by atoms with Gasteiger partial charge in [-0.2, -0.15) is 0 Å². The van der Waals surface area contributed by atoms with Gasteiger partial charge in [0.1, 0.15) is 42.3 Å². The molecule has 54 heavy (non-hydrogen) atoms. The van der Waals surface area contributed by atoms with Crippen LogP contribution in [-0.2, 0) is 43.2 Å². The van der Waals surface area contributed by atoms with E-state index in [0.29, 0.717) is 19.4 Å². The molecular formula is C32H55N11O11. The maximum absolute atomic E-state index is 13.6. The molecule has 0 bridgehead atoms. The second-order valence-corrected chi connectivity index (χ2v) is 13.0. The molecular weight excluding hydrogens is 714 g/mol. The van der Waals surface area contributed by atoms with Gasteiger partial charge in [0, 0.05) is 0 Å². The molecule has 22 heteroatoms. The van der Waals surface area contributed by atoms with Crippen molar-refractivity contribution in [3.63, 3.8) is 0 Å². The topological polar surface area (TPSA) is 382 Å². The summed E-state index contributed by atoms with van der Waals surface area (Å²) in [6.45, 7) is 5.15. The lowest BCUT2D eigenvalue weighted by Crippen LogP contribution is -2.62. The zero-order valence-corrected chi connectivity index (χ0v) is 30.8. The van der Waals surface area contributed by atoms with Gasteiger partial charge in [0.2, 0.25) is 53.2 Å². The zero-order valence-electron chi connectivity index (χ0n) is 30.8. The third kappa shape index (κ3) is 15.8. The number of aliphatic hydroxyl groups is 2. The maximum Gasteiger partial charge on any atom is 0.245 e. The highest BCUT2D eigenvalue weighted by molar-refractivity contribution is 5.99. The fourth-order valence-corrected chi connectivity index (χ4v) is 4.89. The number of hydrogen-bond acceptors (Lipinski definition) is 13. The predicted octanol–water partition coefficient (Wildman–Crippen LogP) is -6.65. The van der Waals surface area contributed by atoms with E-state index in [4.69, 9.17) is 22.9 Å². The van der Waals surface area contributed by atoms with E-state index < -0.39 is 120 Å². The Bertz CT molecular complexity index is 1410. The van der Waals surface area contributed by atoms with Gasteiger partial charge in [0.15, 0.2) is 0 Å². The Labute approximate surface area is 312 Å². The van der Waals surface area contributed by atoms with Crippen LogP contribution in [0, 0.1) is 0 Å². The summed E-state index contributed by atoms with van der Waals surface area (Å²) < 4.78 is 0. The molecule has 22 nitrogen and oxygen atoms in total. The fraction of sp³-hybridized carbons (Fsp3) is 0.656. The first-order valence-electron chi connectivity index (χ1n) is 17.4. The summed E-state index contributed by atoms with van der Waals surface area (Å²) >= 11 is 0. The van der Waals surface area contributed by atoms with Gasteiger partial charge in [-0.15, -0.1) is 0 Å². The average Bonchev–Trinajstić information content (AvgIpc) is 3.08. The fourth-order valence-electron chi connectivity index (χ4n) is 4.89. The van der Waals surface area contributed by atoms with Crippen molar-refractivity contribution in [2.45, 2.75) is 127 Å². The highest BCUT2D eigenvalue weighted by Crippen LogP contribution is 2.07. The lowest BCUT2D eigenvalue weighted by atomic mass is 10.0. The molecule has 17 N–H and O–H groups in total. The van der Waals surface area contributed by atoms with E-state index in [2.05, 4.69) is 37.2 Å². The Morgan fingerprint density at radius 1 is 0.796 bits per heavy atom. The molecule has 1 heterocycles. The SMILES string of the molecule is C[C@H](NC(=O)[C@@H]1C/C=C/C[C@H](NC(=O)[C@@H](N)CCCCN)C(=O)N[C@@H](CC(N)=O)C(=O)N[C@@H]([C@@H](C)O)C(=O)N[C@@H](C)C(=O)N[C@@H]([C@@H](C)O)C(=O)N1)C(N)=O. The zero-order chi connectivity index (χ0) is 41.3. The summed E-state index contributed by atoms with van der Waals surface area (Å²) in [7, 11) is 0. The molecule has 0 fully saturated rings. The first kappa shape index (κ1) is 46.8. The Balaban J connectivity index is 3.72. The van der Waals surface area contributed by atoms with Crippen molar-refractivity contribution in [3.05, 3.63) is 12.2 Å². The number of unbranched alkanes of at least 4 members (excludes halogenated alkanes) is 1. The first-order valence-corrected chi connectivity index (χ1v) is 17.4. The van der Waals surface area contributed by atoms with E-state index in [0.717, 1.165) is 6.92 Å². The van der Waals surface area contributed by atoms with E-state index in [9.17, 15) is 53.4 Å². The molecule has 0 spiro atoms. The number of nitrogens with two attached hydrogens (primary N) is 4. The standard InChI is InChI=1S/C32H55N11O11/c1-14(25(36)47)37-28(50)19-10-5-6-11-20(39-27(49)18(34)9-7-8-12-33)29(51)41-21(13-22(35)46)30(52)43-23(16(3)44)31(53)38-15(2)26(48)42-24(17(4)45)32(54)40-19/h5-6,14-21,23-24,44-45H,7-13,33-34H2,1-4H3,(H2,35,46)(H2,36,47)(H,37,50)(H,38,53)(H,39,49)(H,40,54)(H,41,51)(H,42,48)(H,43,52)/b6-5+/t14-,15-,16+,17+,18-,19-,20-,21-,23-,24-/m0/s1. The van der Waals surface area contributed by atoms with E-state index >= 15 is 0 Å². The highest BCUT2D eigenvalue weighted by atomic mass is 16.3. The van der Waals surface area contributed by atoms with E-state index in [-0.39, 0.29) is 19.3 Å². The van der Waals surface area contributed by atoms with E-state index in [1.807, 2.05) is 0 Å². The van der Waals surface area contributed by atoms with Gasteiger partial charge in [-0.1, -0.05) is 18.6 Å². The van der Waals surface area contributed by atoms with Crippen LogP contribution < -0.4 is 60.2 Å². The number of primary amides is 2. The van der Waals surface area contributed by atoms with Gasteiger partial charge in [-0.05, 0) is 59.9 Å². The largest absolute Gasteiger partial charge is 0.391 e. The van der Waals surface area contributed by atoms with Crippen LogP contribution in [0.1, 0.15) is 66.2 Å². The Kier molecular flexibility index (Phi) is 19.8. The molecule has 0 radical (unpaired) electrons. The maximum atomic E-state index is 13.6. The second kappa shape index (κ2) is 22.8. The minimum Gasteiger partial charge on any atom is -0.391 e. The van der Waals surface area contributed by atoms with Gasteiger partial charge in [0.05, 0.1) is 24.7 Å². The summed E-state index contributed by atoms with van der Waals surface area (Å²) in [4.78, 5) is 116. The van der Waals surface area contributed by atoms with Crippen LogP contribution in [0.25, 0.3) is 0 Å². The van der Waals surface area contributed by atoms with Crippen LogP contribution in [0.4, 0.5) is 0 Å². The van der Waals surface area contributed by atoms with Crippen molar-refractivity contribution in [2.24, 2.45) is 22.9 Å². The molecule has 10 atom stereocenters. The molecule has 1 aliphatic heterocycles. The molecule has 1 aliphatic rings. The molecule has 0 aromatic carbocycles. The van der Waals surface area contributed by atoms with Crippen molar-refractivity contribution in [1.82, 2.24) is 37.2 Å². The lowest BCUT2D eigenvalue weighted by molar-refractivity contribution is -0.138. The molecule has 0 saturated heterocycles. The monoisotopic (exact) mass is 769 g/mol. The van der Waals surface area contributed by atoms with Crippen LogP contribution in [0.3, 0.4) is 0 Å². The van der Waals surface area contributed by atoms with Crippen LogP contribution in [0.5, 0.6) is 0 Å². The Morgan fingerprint density at radius 2 is 1.35 bits per heavy atom. The Hall–Kier alpha value is -5.19. The first-order chi connectivity index (χ1) is 25.2. The third-order valence-electron chi connectivity index (χ3n) is 8.18.